The van der Waals surface area contributed by atoms with Gasteiger partial charge in [-0.25, -0.2) is 0 Å². The molecule has 5 saturated heterocycles. The lowest BCUT2D eigenvalue weighted by Crippen LogP contribution is -2.62. The van der Waals surface area contributed by atoms with E-state index in [1.165, 1.54) is 27.4 Å². The third-order valence-corrected chi connectivity index (χ3v) is 11.9. The molecule has 0 amide bonds. The van der Waals surface area contributed by atoms with Crippen LogP contribution in [0.15, 0.2) is 24.3 Å². The van der Waals surface area contributed by atoms with E-state index in [2.05, 4.69) is 0 Å². The Morgan fingerprint density at radius 2 is 0.887 bits per heavy atom. The first-order chi connectivity index (χ1) is 29.6. The fourth-order valence-corrected chi connectivity index (χ4v) is 8.40. The van der Waals surface area contributed by atoms with Crippen LogP contribution < -0.4 is 23.7 Å². The predicted octanol–water partition coefficient (Wildman–Crippen LogP) is -4.33. The number of fused-ring (bicyclic) bond motifs is 1. The lowest BCUT2D eigenvalue weighted by atomic mass is 9.84. The van der Waals surface area contributed by atoms with Gasteiger partial charge in [-0.05, 0) is 35.4 Å². The highest BCUT2D eigenvalue weighted by Gasteiger charge is 2.51. The first-order valence-electron chi connectivity index (χ1n) is 19.8. The van der Waals surface area contributed by atoms with Gasteiger partial charge in [0.05, 0.1) is 66.6 Å². The van der Waals surface area contributed by atoms with Crippen LogP contribution in [0.1, 0.15) is 23.3 Å². The second-order valence-corrected chi connectivity index (χ2v) is 15.6. The molecule has 2 aromatic rings. The second kappa shape index (κ2) is 19.3. The maximum absolute atomic E-state index is 11.3. The zero-order valence-electron chi connectivity index (χ0n) is 33.7. The Balaban J connectivity index is 1.04. The third kappa shape index (κ3) is 8.71. The zero-order chi connectivity index (χ0) is 44.7. The maximum atomic E-state index is 11.3. The average molecular weight is 891 g/mol. The minimum absolute atomic E-state index is 0.0109. The molecule has 0 spiro atoms. The standard InChI is InChI=1S/C39H54O23/c1-52-18-5-13(4-17(42)35(18)61-39-32(51)29(48)26(45)23(60-39)12-57-37-30(49)27(46)24(43)21(8-40)58-37)33-15-10-56-34(16(15)11-55-33)14-6-19(53-2)36(20(7-14)54-3)62-38-31(50)28(47)25(44)22(9-41)59-38/h4-7,15-16,21-34,37-51H,8-12H2,1-3H3. The predicted molar refractivity (Wildman–Crippen MR) is 200 cm³/mol. The summed E-state index contributed by atoms with van der Waals surface area (Å²) in [5.41, 5.74) is 1.10. The Kier molecular flexibility index (Phi) is 14.5. The molecule has 23 nitrogen and oxygen atoms in total. The van der Waals surface area contributed by atoms with Gasteiger partial charge in [0.25, 0.3) is 0 Å². The molecule has 2 aromatic carbocycles. The van der Waals surface area contributed by atoms with E-state index in [4.69, 9.17) is 52.1 Å². The molecule has 348 valence electrons. The van der Waals surface area contributed by atoms with Gasteiger partial charge in [0, 0.05) is 11.8 Å². The van der Waals surface area contributed by atoms with Crippen molar-refractivity contribution < 1.29 is 113 Å². The Hall–Kier alpha value is -3.44. The molecule has 19 unspecified atom stereocenters. The van der Waals surface area contributed by atoms with Crippen LogP contribution in [0, 0.1) is 11.8 Å². The van der Waals surface area contributed by atoms with Crippen LogP contribution in [-0.2, 0) is 28.4 Å². The van der Waals surface area contributed by atoms with Crippen molar-refractivity contribution in [1.82, 2.24) is 0 Å². The van der Waals surface area contributed by atoms with Gasteiger partial charge in [0.15, 0.2) is 29.3 Å². The Bertz CT molecular complexity index is 1790. The van der Waals surface area contributed by atoms with Crippen LogP contribution in [0.2, 0.25) is 0 Å². The fraction of sp³-hybridized carbons (Fsp3) is 0.692. The molecule has 0 bridgehead atoms. The van der Waals surface area contributed by atoms with E-state index >= 15 is 0 Å². The molecule has 12 N–H and O–H groups in total. The Labute approximate surface area is 353 Å². The molecule has 5 heterocycles. The summed E-state index contributed by atoms with van der Waals surface area (Å²) in [6, 6.07) is 6.21. The third-order valence-electron chi connectivity index (χ3n) is 11.9. The number of aromatic hydroxyl groups is 1. The summed E-state index contributed by atoms with van der Waals surface area (Å²) in [5.74, 6) is -0.917. The van der Waals surface area contributed by atoms with Crippen LogP contribution in [0.25, 0.3) is 0 Å². The monoisotopic (exact) mass is 890 g/mol. The quantitative estimate of drug-likeness (QED) is 0.0853. The summed E-state index contributed by atoms with van der Waals surface area (Å²) in [5, 5.41) is 124. The molecule has 62 heavy (non-hydrogen) atoms. The Morgan fingerprint density at radius 3 is 1.35 bits per heavy atom. The van der Waals surface area contributed by atoms with Crippen molar-refractivity contribution in [2.75, 3.05) is 54.4 Å². The molecule has 5 aliphatic rings. The van der Waals surface area contributed by atoms with Gasteiger partial charge in [0.2, 0.25) is 24.1 Å². The number of phenols is 1. The SMILES string of the molecule is COc1cc(C2OCC3C(c4cc(OC)c(OC5OC(CO)C(O)C(O)C5O)c(OC)c4)OCC23)cc(O)c1OC1OC(COC2OC(CO)C(O)C(O)C2O)C(O)C(O)C1O. The summed E-state index contributed by atoms with van der Waals surface area (Å²) in [6.07, 6.45) is -25.4. The first-order valence-corrected chi connectivity index (χ1v) is 19.8. The molecule has 0 aliphatic carbocycles. The number of phenolic OH excluding ortho intramolecular Hbond substituents is 1. The summed E-state index contributed by atoms with van der Waals surface area (Å²) < 4.78 is 63.1. The van der Waals surface area contributed by atoms with E-state index in [0.29, 0.717) is 11.1 Å². The zero-order valence-corrected chi connectivity index (χ0v) is 33.7. The van der Waals surface area contributed by atoms with Crippen molar-refractivity contribution in [1.29, 1.82) is 0 Å². The molecular weight excluding hydrogens is 836 g/mol. The van der Waals surface area contributed by atoms with Gasteiger partial charge < -0.3 is 113 Å². The number of aliphatic hydroxyl groups excluding tert-OH is 11. The summed E-state index contributed by atoms with van der Waals surface area (Å²) in [7, 11) is 4.07. The van der Waals surface area contributed by atoms with Crippen molar-refractivity contribution >= 4 is 0 Å². The first kappa shape index (κ1) is 46.5. The van der Waals surface area contributed by atoms with Crippen LogP contribution >= 0.6 is 0 Å². The molecule has 0 aromatic heterocycles. The number of hydrogen-bond donors (Lipinski definition) is 12. The highest BCUT2D eigenvalue weighted by atomic mass is 16.7. The molecule has 5 fully saturated rings. The molecule has 23 heteroatoms. The topological polar surface area (TPSA) is 344 Å². The van der Waals surface area contributed by atoms with Crippen molar-refractivity contribution in [3.05, 3.63) is 35.4 Å². The van der Waals surface area contributed by atoms with Gasteiger partial charge in [0.1, 0.15) is 73.2 Å². The molecule has 5 aliphatic heterocycles. The minimum atomic E-state index is -1.85. The van der Waals surface area contributed by atoms with Gasteiger partial charge in [-0.15, -0.1) is 0 Å². The number of rotatable bonds is 14. The maximum Gasteiger partial charge on any atom is 0.229 e. The summed E-state index contributed by atoms with van der Waals surface area (Å²) in [6.45, 7) is -1.51. The van der Waals surface area contributed by atoms with E-state index in [9.17, 15) is 61.3 Å². The van der Waals surface area contributed by atoms with Gasteiger partial charge >= 0.3 is 0 Å². The number of ether oxygens (including phenoxy) is 11. The van der Waals surface area contributed by atoms with Crippen LogP contribution in [0.5, 0.6) is 34.5 Å². The minimum Gasteiger partial charge on any atom is -0.504 e. The highest BCUT2D eigenvalue weighted by molar-refractivity contribution is 5.55. The summed E-state index contributed by atoms with van der Waals surface area (Å²) >= 11 is 0. The van der Waals surface area contributed by atoms with E-state index in [1.807, 2.05) is 0 Å². The van der Waals surface area contributed by atoms with E-state index in [-0.39, 0.29) is 53.8 Å². The normalized spacial score (nSPS) is 40.8. The van der Waals surface area contributed by atoms with Crippen LogP contribution in [-0.4, -0.2) is 208 Å². The van der Waals surface area contributed by atoms with Crippen molar-refractivity contribution in [3.8, 4) is 34.5 Å². The van der Waals surface area contributed by atoms with Gasteiger partial charge in [-0.3, -0.25) is 0 Å². The van der Waals surface area contributed by atoms with Crippen molar-refractivity contribution in [2.24, 2.45) is 11.8 Å². The highest BCUT2D eigenvalue weighted by Crippen LogP contribution is 2.54. The van der Waals surface area contributed by atoms with E-state index in [1.54, 1.807) is 18.2 Å². The lowest BCUT2D eigenvalue weighted by Gasteiger charge is -2.42. The molecule has 0 radical (unpaired) electrons. The molecular formula is C39H54O23. The number of aliphatic hydroxyl groups is 11. The lowest BCUT2D eigenvalue weighted by molar-refractivity contribution is -0.323. The van der Waals surface area contributed by atoms with Gasteiger partial charge in [-0.2, -0.15) is 0 Å². The number of methoxy groups -OCH3 is 3. The Morgan fingerprint density at radius 1 is 0.500 bits per heavy atom. The fourth-order valence-electron chi connectivity index (χ4n) is 8.40. The van der Waals surface area contributed by atoms with E-state index in [0.717, 1.165) is 0 Å². The van der Waals surface area contributed by atoms with Crippen LogP contribution in [0.4, 0.5) is 0 Å². The summed E-state index contributed by atoms with van der Waals surface area (Å²) in [4.78, 5) is 0. The van der Waals surface area contributed by atoms with Crippen LogP contribution in [0.3, 0.4) is 0 Å². The number of benzene rings is 2. The van der Waals surface area contributed by atoms with Gasteiger partial charge in [-0.1, -0.05) is 0 Å². The van der Waals surface area contributed by atoms with E-state index < -0.39 is 130 Å². The smallest absolute Gasteiger partial charge is 0.229 e. The second-order valence-electron chi connectivity index (χ2n) is 15.6. The average Bonchev–Trinajstić information content (AvgIpc) is 3.89. The van der Waals surface area contributed by atoms with Crippen molar-refractivity contribution in [2.45, 2.75) is 104 Å². The largest absolute Gasteiger partial charge is 0.504 e. The molecule has 19 atom stereocenters. The molecule has 7 rings (SSSR count). The molecule has 0 saturated carbocycles. The number of hydrogen-bond acceptors (Lipinski definition) is 23. The van der Waals surface area contributed by atoms with Crippen molar-refractivity contribution in [3.63, 3.8) is 0 Å².